The van der Waals surface area contributed by atoms with Crippen molar-refractivity contribution in [2.24, 2.45) is 5.73 Å². The molecule has 0 radical (unpaired) electrons. The Bertz CT molecular complexity index is 393. The molecular formula is C12H18N2O3. The third kappa shape index (κ3) is 3.10. The first-order chi connectivity index (χ1) is 8.13. The lowest BCUT2D eigenvalue weighted by Gasteiger charge is -2.20. The summed E-state index contributed by atoms with van der Waals surface area (Å²) in [7, 11) is 4.83. The molecule has 0 aromatic heterocycles. The summed E-state index contributed by atoms with van der Waals surface area (Å²) in [5.41, 5.74) is 6.06. The zero-order valence-electron chi connectivity index (χ0n) is 10.4. The molecule has 17 heavy (non-hydrogen) atoms. The number of methoxy groups -OCH3 is 2. The van der Waals surface area contributed by atoms with Crippen LogP contribution < -0.4 is 20.1 Å². The Balaban J connectivity index is 3.00. The minimum absolute atomic E-state index is 0.0454. The molecule has 1 aromatic carbocycles. The number of amides is 1. The van der Waals surface area contributed by atoms with E-state index in [2.05, 4.69) is 0 Å². The molecule has 0 saturated heterocycles. The van der Waals surface area contributed by atoms with Gasteiger partial charge in [0, 0.05) is 26.1 Å². The predicted octanol–water partition coefficient (Wildman–Crippen LogP) is 1.02. The molecular weight excluding hydrogens is 220 g/mol. The number of nitrogens with zero attached hydrogens (tertiary/aromatic N) is 1. The number of benzene rings is 1. The van der Waals surface area contributed by atoms with Crippen LogP contribution in [0.5, 0.6) is 11.5 Å². The summed E-state index contributed by atoms with van der Waals surface area (Å²) >= 11 is 0. The van der Waals surface area contributed by atoms with E-state index < -0.39 is 0 Å². The molecule has 0 fully saturated rings. The number of anilines is 1. The molecule has 0 bridgehead atoms. The summed E-state index contributed by atoms with van der Waals surface area (Å²) in [5.74, 6) is 1.23. The van der Waals surface area contributed by atoms with E-state index in [-0.39, 0.29) is 5.91 Å². The van der Waals surface area contributed by atoms with Crippen molar-refractivity contribution < 1.29 is 14.3 Å². The van der Waals surface area contributed by atoms with Gasteiger partial charge < -0.3 is 20.1 Å². The maximum atomic E-state index is 11.7. The van der Waals surface area contributed by atoms with Crippen molar-refractivity contribution in [2.45, 2.75) is 6.42 Å². The Morgan fingerprint density at radius 2 is 2.06 bits per heavy atom. The number of ether oxygens (including phenoxy) is 2. The topological polar surface area (TPSA) is 64.8 Å². The first-order valence-corrected chi connectivity index (χ1v) is 5.32. The predicted molar refractivity (Wildman–Crippen MR) is 66.6 cm³/mol. The van der Waals surface area contributed by atoms with Crippen LogP contribution in [0.2, 0.25) is 0 Å². The molecule has 0 atom stereocenters. The molecule has 1 aromatic rings. The van der Waals surface area contributed by atoms with Crippen LogP contribution in [-0.4, -0.2) is 33.7 Å². The average Bonchev–Trinajstić information content (AvgIpc) is 2.37. The summed E-state index contributed by atoms with van der Waals surface area (Å²) in [6.07, 6.45) is 0.311. The minimum atomic E-state index is -0.0454. The van der Waals surface area contributed by atoms with Crippen LogP contribution in [0.15, 0.2) is 18.2 Å². The van der Waals surface area contributed by atoms with E-state index in [1.165, 1.54) is 4.90 Å². The van der Waals surface area contributed by atoms with E-state index in [0.717, 1.165) is 0 Å². The molecule has 94 valence electrons. The lowest BCUT2D eigenvalue weighted by molar-refractivity contribution is -0.118. The van der Waals surface area contributed by atoms with Gasteiger partial charge in [-0.25, -0.2) is 0 Å². The Morgan fingerprint density at radius 3 is 2.59 bits per heavy atom. The Kier molecular flexibility index (Phi) is 4.78. The van der Waals surface area contributed by atoms with Gasteiger partial charge in [0.1, 0.15) is 11.5 Å². The number of nitrogens with two attached hydrogens (primary N) is 1. The molecule has 0 aliphatic carbocycles. The summed E-state index contributed by atoms with van der Waals surface area (Å²) < 4.78 is 10.3. The summed E-state index contributed by atoms with van der Waals surface area (Å²) in [5, 5.41) is 0. The van der Waals surface area contributed by atoms with E-state index in [0.29, 0.717) is 30.2 Å². The van der Waals surface area contributed by atoms with Gasteiger partial charge in [-0.1, -0.05) is 0 Å². The third-order valence-corrected chi connectivity index (χ3v) is 2.48. The van der Waals surface area contributed by atoms with Gasteiger partial charge in [0.2, 0.25) is 5.91 Å². The fourth-order valence-electron chi connectivity index (χ4n) is 1.49. The highest BCUT2D eigenvalue weighted by atomic mass is 16.5. The van der Waals surface area contributed by atoms with E-state index in [9.17, 15) is 4.79 Å². The maximum absolute atomic E-state index is 11.7. The van der Waals surface area contributed by atoms with Crippen molar-refractivity contribution in [3.63, 3.8) is 0 Å². The van der Waals surface area contributed by atoms with Crippen molar-refractivity contribution in [3.8, 4) is 11.5 Å². The monoisotopic (exact) mass is 238 g/mol. The lowest BCUT2D eigenvalue weighted by atomic mass is 10.2. The number of hydrogen-bond donors (Lipinski definition) is 1. The normalized spacial score (nSPS) is 9.88. The van der Waals surface area contributed by atoms with Gasteiger partial charge in [-0.15, -0.1) is 0 Å². The first kappa shape index (κ1) is 13.3. The van der Waals surface area contributed by atoms with Gasteiger partial charge in [0.05, 0.1) is 19.9 Å². The lowest BCUT2D eigenvalue weighted by Crippen LogP contribution is -2.28. The van der Waals surface area contributed by atoms with E-state index in [1.807, 2.05) is 0 Å². The largest absolute Gasteiger partial charge is 0.497 e. The summed E-state index contributed by atoms with van der Waals surface area (Å²) in [4.78, 5) is 13.3. The molecule has 1 amide bonds. The molecule has 0 aliphatic rings. The van der Waals surface area contributed by atoms with Gasteiger partial charge in [-0.3, -0.25) is 4.79 Å². The second-order valence-electron chi connectivity index (χ2n) is 3.53. The highest BCUT2D eigenvalue weighted by Gasteiger charge is 2.15. The first-order valence-electron chi connectivity index (χ1n) is 5.32. The molecule has 2 N–H and O–H groups in total. The van der Waals surface area contributed by atoms with Crippen LogP contribution in [-0.2, 0) is 4.79 Å². The third-order valence-electron chi connectivity index (χ3n) is 2.48. The van der Waals surface area contributed by atoms with Crippen molar-refractivity contribution in [2.75, 3.05) is 32.7 Å². The standard InChI is InChI=1S/C12H18N2O3/c1-14(12(15)6-7-13)10-5-4-9(16-2)8-11(10)17-3/h4-5,8H,6-7,13H2,1-3H3. The quantitative estimate of drug-likeness (QED) is 0.831. The van der Waals surface area contributed by atoms with E-state index >= 15 is 0 Å². The van der Waals surface area contributed by atoms with Crippen LogP contribution in [0.25, 0.3) is 0 Å². The number of rotatable bonds is 5. The van der Waals surface area contributed by atoms with Gasteiger partial charge in [-0.2, -0.15) is 0 Å². The molecule has 0 aliphatic heterocycles. The van der Waals surface area contributed by atoms with Gasteiger partial charge in [0.15, 0.2) is 0 Å². The highest BCUT2D eigenvalue weighted by Crippen LogP contribution is 2.31. The zero-order chi connectivity index (χ0) is 12.8. The molecule has 5 nitrogen and oxygen atoms in total. The Labute approximate surface area is 101 Å². The van der Waals surface area contributed by atoms with Crippen molar-refractivity contribution >= 4 is 11.6 Å². The smallest absolute Gasteiger partial charge is 0.228 e. The van der Waals surface area contributed by atoms with Crippen molar-refractivity contribution in [1.29, 1.82) is 0 Å². The highest BCUT2D eigenvalue weighted by molar-refractivity contribution is 5.94. The summed E-state index contributed by atoms with van der Waals surface area (Å²) in [6.45, 7) is 0.335. The van der Waals surface area contributed by atoms with Crippen LogP contribution in [0.1, 0.15) is 6.42 Å². The van der Waals surface area contributed by atoms with Crippen LogP contribution in [0, 0.1) is 0 Å². The molecule has 0 unspecified atom stereocenters. The van der Waals surface area contributed by atoms with Crippen molar-refractivity contribution in [1.82, 2.24) is 0 Å². The number of carbonyl (C=O) groups is 1. The van der Waals surface area contributed by atoms with Gasteiger partial charge in [-0.05, 0) is 12.1 Å². The van der Waals surface area contributed by atoms with Crippen LogP contribution in [0.3, 0.4) is 0 Å². The van der Waals surface area contributed by atoms with Crippen LogP contribution >= 0.6 is 0 Å². The van der Waals surface area contributed by atoms with Crippen molar-refractivity contribution in [3.05, 3.63) is 18.2 Å². The molecule has 5 heteroatoms. The fraction of sp³-hybridized carbons (Fsp3) is 0.417. The molecule has 0 heterocycles. The Morgan fingerprint density at radius 1 is 1.35 bits per heavy atom. The SMILES string of the molecule is COc1ccc(N(C)C(=O)CCN)c(OC)c1. The minimum Gasteiger partial charge on any atom is -0.497 e. The fourth-order valence-corrected chi connectivity index (χ4v) is 1.49. The summed E-state index contributed by atoms with van der Waals surface area (Å²) in [6, 6.07) is 5.30. The maximum Gasteiger partial charge on any atom is 0.228 e. The molecule has 0 saturated carbocycles. The van der Waals surface area contributed by atoms with E-state index in [1.54, 1.807) is 39.5 Å². The molecule has 0 spiro atoms. The van der Waals surface area contributed by atoms with Gasteiger partial charge in [0.25, 0.3) is 0 Å². The van der Waals surface area contributed by atoms with Gasteiger partial charge >= 0.3 is 0 Å². The van der Waals surface area contributed by atoms with Crippen LogP contribution in [0.4, 0.5) is 5.69 Å². The number of hydrogen-bond acceptors (Lipinski definition) is 4. The average molecular weight is 238 g/mol. The Hall–Kier alpha value is -1.75. The zero-order valence-corrected chi connectivity index (χ0v) is 10.4. The second-order valence-corrected chi connectivity index (χ2v) is 3.53. The molecule has 1 rings (SSSR count). The second kappa shape index (κ2) is 6.10. The van der Waals surface area contributed by atoms with E-state index in [4.69, 9.17) is 15.2 Å². The number of carbonyl (C=O) groups excluding carboxylic acids is 1.